The van der Waals surface area contributed by atoms with Crippen molar-refractivity contribution in [2.75, 3.05) is 0 Å². The zero-order valence-electron chi connectivity index (χ0n) is 87.6. The Labute approximate surface area is 818 Å². The van der Waals surface area contributed by atoms with E-state index < -0.39 is 66.8 Å². The van der Waals surface area contributed by atoms with E-state index in [1.165, 1.54) is 112 Å². The summed E-state index contributed by atoms with van der Waals surface area (Å²) in [5, 5.41) is 6.48. The molecule has 5 aromatic carbocycles. The number of aryl methyl sites for hydroxylation is 3. The molecule has 120 heavy (non-hydrogen) atoms. The topological polar surface area (TPSA) is 64.5 Å². The van der Waals surface area contributed by atoms with E-state index in [1.807, 2.05) is 56.7 Å². The summed E-state index contributed by atoms with van der Waals surface area (Å²) in [7, 11) is -7.74. The first-order valence-electron chi connectivity index (χ1n) is 47.5. The van der Waals surface area contributed by atoms with Crippen LogP contribution in [0.5, 0.6) is 0 Å². The third-order valence-corrected chi connectivity index (χ3v) is 32.5. The molecule has 0 saturated heterocycles. The quantitative estimate of drug-likeness (QED) is 0.0671. The summed E-state index contributed by atoms with van der Waals surface area (Å²) in [5.74, 6) is 1.52. The molecule has 12 rings (SSSR count). The third-order valence-electron chi connectivity index (χ3n) is 22.3. The predicted molar refractivity (Wildman–Crippen MR) is 516 cm³/mol. The van der Waals surface area contributed by atoms with Crippen molar-refractivity contribution in [3.8, 4) is 56.3 Å². The van der Waals surface area contributed by atoms with Crippen LogP contribution in [0.2, 0.25) is 98.2 Å². The number of aromatic nitrogens is 5. The van der Waals surface area contributed by atoms with Crippen LogP contribution in [0.15, 0.2) is 152 Å². The van der Waals surface area contributed by atoms with Gasteiger partial charge in [-0.3, -0.25) is 0 Å². The zero-order valence-corrected chi connectivity index (χ0v) is 94.5. The van der Waals surface area contributed by atoms with E-state index in [0.717, 1.165) is 81.3 Å². The van der Waals surface area contributed by atoms with Crippen LogP contribution < -0.4 is 25.9 Å². The van der Waals surface area contributed by atoms with Crippen LogP contribution in [0, 0.1) is 68.6 Å². The fraction of sp³-hybridized carbons (Fsp3) is 0.476. The third kappa shape index (κ3) is 32.5. The van der Waals surface area contributed by atoms with Gasteiger partial charge in [0, 0.05) is 145 Å². The molecular weight excluding hydrogens is 2430 g/mol. The van der Waals surface area contributed by atoms with Gasteiger partial charge in [0.2, 0.25) is 0 Å². The Balaban J connectivity index is 0.000000415. The summed E-state index contributed by atoms with van der Waals surface area (Å²) < 4.78 is 79.4. The van der Waals surface area contributed by atoms with Crippen LogP contribution in [-0.4, -0.2) is 65.3 Å². The maximum absolute atomic E-state index is 8.58. The molecule has 5 aromatic heterocycles. The van der Waals surface area contributed by atoms with Gasteiger partial charge >= 0.3 is 0 Å². The number of rotatable bonds is 17. The van der Waals surface area contributed by atoms with E-state index in [-0.39, 0.29) is 117 Å². The molecule has 0 N–H and O–H groups in total. The molecule has 0 spiro atoms. The predicted octanol–water partition coefficient (Wildman–Crippen LogP) is 26.5. The Kier molecular flexibility index (Phi) is 37.0. The van der Waals surface area contributed by atoms with Crippen LogP contribution >= 0.6 is 0 Å². The molecule has 2 saturated carbocycles. The molecular formula is C105H146Ir5N5Si5-5. The number of hydrogen-bond donors (Lipinski definition) is 0. The summed E-state index contributed by atoms with van der Waals surface area (Å²) in [6.07, 6.45) is 25.2. The van der Waals surface area contributed by atoms with Crippen molar-refractivity contribution in [3.05, 3.63) is 238 Å². The molecule has 0 aliphatic heterocycles. The SMILES string of the molecule is CC(C)Cc1cc(-c2[c-]ccc(C(C)(C)C)c2)ncc1[Si](C)(C)C.[2H]C(C)(C)c1cc(-c2[c-]ccc(C(C)(C)C)c2)ncc1[Si](C)(C)C.[2H]C([2H])([2H])c1cc(-c2[c-]ccc(C(C)(C)C)c2)ncc1[Si](C)(C)C.[2H]C([2H])([2H])c1ccc[c-]c1-c1cc(CC2CCCC2)c([Si](C)(C)C)cn1.[2H]C([2H])([2H])c1ccc[c-]c1-c1cc(CC2CCCCC2)c([Si](C)(C)C)cn1.[Ir].[Ir].[Ir].[Ir].[Ir]. The average Bonchev–Trinajstić information content (AvgIpc) is 0.843. The van der Waals surface area contributed by atoms with Crippen molar-refractivity contribution in [2.45, 2.75) is 308 Å². The van der Waals surface area contributed by atoms with E-state index in [1.54, 1.807) is 48.7 Å². The number of benzene rings is 5. The second-order valence-electron chi connectivity index (χ2n) is 41.5. The molecule has 10 aromatic rings. The molecule has 0 unspecified atom stereocenters. The van der Waals surface area contributed by atoms with Crippen molar-refractivity contribution >= 4 is 66.3 Å². The van der Waals surface area contributed by atoms with E-state index in [2.05, 4.69) is 275 Å². The Bertz CT molecular complexity index is 5150. The van der Waals surface area contributed by atoms with Gasteiger partial charge in [-0.2, -0.15) is 0 Å². The van der Waals surface area contributed by atoms with Gasteiger partial charge in [0.1, 0.15) is 0 Å². The second-order valence-corrected chi connectivity index (χ2v) is 66.7. The van der Waals surface area contributed by atoms with Gasteiger partial charge in [-0.15, -0.1) is 177 Å². The summed E-state index contributed by atoms with van der Waals surface area (Å²) in [5.41, 5.74) is 18.8. The molecule has 0 atom stereocenters. The Hall–Kier alpha value is -3.82. The van der Waals surface area contributed by atoms with Gasteiger partial charge in [0.25, 0.3) is 0 Å². The van der Waals surface area contributed by atoms with Crippen LogP contribution in [0.4, 0.5) is 0 Å². The minimum absolute atomic E-state index is 0. The van der Waals surface area contributed by atoms with E-state index in [4.69, 9.17) is 28.7 Å². The average molecular weight is 2590 g/mol. The Morgan fingerprint density at radius 1 is 0.358 bits per heavy atom. The standard InChI is InChI=1S/C22H30NSi.C22H32NSi.C21H28NSi.C21H30NSi.C19H26NSi.5Ir/c1-17-10-8-9-13-20(17)21-15-19(14-18-11-6-5-7-12-18)22(16-23-21)24(2,3)4;1-16(2)12-18-14-20(23-15-21(18)24(6,7)8)17-10-9-11-19(13-17)22(3,4)5;1-16-9-5-8-12-19(16)20-14-18(13-17-10-6-7-11-17)21(15-22-20)23(2,3)4;1-15(2)18-13-19(22-14-20(18)23(6,7)8)16-10-9-11-17(12-16)21(3,4)5;1-14-11-17(20-13-18(14)21(5,6)7)15-9-8-10-16(12-15)19(2,3)4;;;;;/h8-10,15-16,18H,5-7,11-12,14H2,1-4H3;9,11,13-16H,12H2,1-8H3;5,8-9,14-15,17H,6-7,10-11,13H2,1-4H3;9,11-15H,1-8H3;8,10-13H,1-7H3;;;;;/q5*-1;;;;;/i1D3;;1D3;15D;1D3;;;;;. The fourth-order valence-electron chi connectivity index (χ4n) is 15.5. The molecule has 661 valence electrons. The molecule has 5 nitrogen and oxygen atoms in total. The van der Waals surface area contributed by atoms with Crippen molar-refractivity contribution < 1.29 is 114 Å². The van der Waals surface area contributed by atoms with E-state index >= 15 is 0 Å². The number of nitrogens with zero attached hydrogens (tertiary/aromatic N) is 5. The van der Waals surface area contributed by atoms with Crippen LogP contribution in [0.25, 0.3) is 56.3 Å². The van der Waals surface area contributed by atoms with E-state index in [0.29, 0.717) is 39.4 Å². The smallest absolute Gasteiger partial charge is 0.0799 e. The van der Waals surface area contributed by atoms with Gasteiger partial charge in [-0.25, -0.2) is 0 Å². The largest absolute Gasteiger partial charge is 0.305 e. The monoisotopic (exact) mass is 2590 g/mol. The van der Waals surface area contributed by atoms with Crippen molar-refractivity contribution in [1.29, 1.82) is 0 Å². The van der Waals surface area contributed by atoms with Gasteiger partial charge in [-0.05, 0) is 120 Å². The molecule has 2 aliphatic carbocycles. The molecule has 2 aliphatic rings. The zero-order chi connectivity index (χ0) is 93.4. The summed E-state index contributed by atoms with van der Waals surface area (Å²) in [4.78, 5) is 23.5. The molecule has 5 radical (unpaired) electrons. The first-order valence-corrected chi connectivity index (χ1v) is 60.0. The van der Waals surface area contributed by atoms with Crippen molar-refractivity contribution in [2.24, 2.45) is 17.8 Å². The molecule has 0 bridgehead atoms. The number of hydrogen-bond acceptors (Lipinski definition) is 5. The van der Waals surface area contributed by atoms with Gasteiger partial charge in [0.05, 0.1) is 40.4 Å². The first-order chi connectivity index (χ1) is 57.4. The molecule has 2 fully saturated rings. The maximum atomic E-state index is 8.58. The van der Waals surface area contributed by atoms with Gasteiger partial charge < -0.3 is 24.9 Å². The Morgan fingerprint density at radius 3 is 1.00 bits per heavy atom. The van der Waals surface area contributed by atoms with Crippen molar-refractivity contribution in [3.63, 3.8) is 0 Å². The summed E-state index contributed by atoms with van der Waals surface area (Å²) >= 11 is 0. The summed E-state index contributed by atoms with van der Waals surface area (Å²) in [6.45, 7) is 56.6. The number of pyridine rings is 5. The van der Waals surface area contributed by atoms with E-state index in [9.17, 15) is 0 Å². The van der Waals surface area contributed by atoms with Gasteiger partial charge in [0.15, 0.2) is 0 Å². The fourth-order valence-corrected chi connectivity index (χ4v) is 23.1. The second kappa shape index (κ2) is 47.3. The normalized spacial score (nSPS) is 15.1. The summed E-state index contributed by atoms with van der Waals surface area (Å²) in [6, 6.07) is 55.7. The van der Waals surface area contributed by atoms with Crippen LogP contribution in [0.1, 0.15) is 223 Å². The van der Waals surface area contributed by atoms with Crippen LogP contribution in [-0.2, 0) is 136 Å². The minimum Gasteiger partial charge on any atom is -0.305 e. The maximum Gasteiger partial charge on any atom is 0.0799 e. The minimum atomic E-state index is -2.16. The first kappa shape index (κ1) is 93.8. The van der Waals surface area contributed by atoms with Crippen LogP contribution in [0.3, 0.4) is 0 Å². The molecule has 15 heteroatoms. The molecule has 0 amide bonds. The Morgan fingerprint density at radius 2 is 0.667 bits per heavy atom. The molecule has 5 heterocycles. The van der Waals surface area contributed by atoms with Crippen molar-refractivity contribution in [1.82, 2.24) is 24.9 Å². The van der Waals surface area contributed by atoms with Gasteiger partial charge in [-0.1, -0.05) is 318 Å².